The van der Waals surface area contributed by atoms with Crippen LogP contribution in [-0.2, 0) is 4.74 Å². The quantitative estimate of drug-likeness (QED) is 0.538. The van der Waals surface area contributed by atoms with Gasteiger partial charge < -0.3 is 10.1 Å². The van der Waals surface area contributed by atoms with Crippen molar-refractivity contribution in [2.45, 2.75) is 45.8 Å². The molecule has 0 unspecified atom stereocenters. The van der Waals surface area contributed by atoms with Gasteiger partial charge >= 0.3 is 6.09 Å². The number of nitrogens with one attached hydrogen (secondary N) is 2. The van der Waals surface area contributed by atoms with E-state index in [0.29, 0.717) is 29.0 Å². The van der Waals surface area contributed by atoms with Gasteiger partial charge in [-0.1, -0.05) is 13.0 Å². The van der Waals surface area contributed by atoms with Crippen molar-refractivity contribution in [3.8, 4) is 5.82 Å². The Morgan fingerprint density at radius 2 is 2.11 bits per heavy atom. The molecule has 1 aromatic carbocycles. The summed E-state index contributed by atoms with van der Waals surface area (Å²) in [5, 5.41) is 10.1. The number of carbonyl (C=O) groups is 1. The van der Waals surface area contributed by atoms with Crippen LogP contribution < -0.4 is 10.9 Å². The predicted octanol–water partition coefficient (Wildman–Crippen LogP) is 3.69. The maximum absolute atomic E-state index is 13.3. The van der Waals surface area contributed by atoms with E-state index in [-0.39, 0.29) is 5.56 Å². The topological polar surface area (TPSA) is 102 Å². The Morgan fingerprint density at radius 1 is 1.36 bits per heavy atom. The van der Waals surface area contributed by atoms with Crippen LogP contribution in [0.3, 0.4) is 0 Å². The molecule has 0 radical (unpaired) electrons. The average Bonchev–Trinajstić information content (AvgIpc) is 3.13. The number of carbonyl (C=O) groups excluding carboxylic acids is 1. The summed E-state index contributed by atoms with van der Waals surface area (Å²) in [6.45, 7) is 7.30. The Morgan fingerprint density at radius 3 is 2.71 bits per heavy atom. The number of hydrogen-bond acceptors (Lipinski definition) is 5. The van der Waals surface area contributed by atoms with Crippen molar-refractivity contribution in [2.24, 2.45) is 0 Å². The molecule has 28 heavy (non-hydrogen) atoms. The molecule has 0 aliphatic carbocycles. The van der Waals surface area contributed by atoms with Gasteiger partial charge in [0, 0.05) is 9.64 Å². The molecule has 3 rings (SSSR count). The van der Waals surface area contributed by atoms with E-state index in [1.165, 1.54) is 4.57 Å². The monoisotopic (exact) mass is 495 g/mol. The highest BCUT2D eigenvalue weighted by atomic mass is 127. The molecular formula is C19H22IN5O3. The molecule has 9 heteroatoms. The van der Waals surface area contributed by atoms with Gasteiger partial charge in [-0.05, 0) is 61.9 Å². The number of halogens is 1. The number of fused-ring (bicyclic) bond motifs is 1. The lowest BCUT2D eigenvalue weighted by molar-refractivity contribution is 0.0499. The third kappa shape index (κ3) is 4.18. The van der Waals surface area contributed by atoms with E-state index in [4.69, 9.17) is 9.72 Å². The van der Waals surface area contributed by atoms with Crippen molar-refractivity contribution in [3.63, 3.8) is 0 Å². The summed E-state index contributed by atoms with van der Waals surface area (Å²) in [6, 6.07) is 6.62. The summed E-state index contributed by atoms with van der Waals surface area (Å²) in [4.78, 5) is 30.4. The number of hydrogen-bond donors (Lipinski definition) is 2. The minimum Gasteiger partial charge on any atom is -0.444 e. The maximum Gasteiger partial charge on any atom is 0.408 e. The molecule has 2 aromatic heterocycles. The molecule has 8 nitrogen and oxygen atoms in total. The fourth-order valence-electron chi connectivity index (χ4n) is 2.83. The SMILES string of the molecule is CC[C@H](NC(=O)OC(C)(C)C)c1nc2c(I)cccc2c(=O)n1-c1ccn[nH]1. The predicted molar refractivity (Wildman–Crippen MR) is 115 cm³/mol. The molecule has 2 N–H and O–H groups in total. The van der Waals surface area contributed by atoms with E-state index >= 15 is 0 Å². The molecule has 0 spiro atoms. The molecule has 1 amide bonds. The van der Waals surface area contributed by atoms with Crippen LogP contribution in [0, 0.1) is 3.57 Å². The van der Waals surface area contributed by atoms with Crippen LogP contribution in [0.5, 0.6) is 0 Å². The number of H-pyrrole nitrogens is 1. The number of nitrogens with zero attached hydrogens (tertiary/aromatic N) is 3. The van der Waals surface area contributed by atoms with E-state index in [0.717, 1.165) is 3.57 Å². The van der Waals surface area contributed by atoms with E-state index in [9.17, 15) is 9.59 Å². The van der Waals surface area contributed by atoms with Crippen LogP contribution in [0.25, 0.3) is 16.7 Å². The molecule has 0 saturated heterocycles. The second-order valence-corrected chi connectivity index (χ2v) is 8.46. The Bertz CT molecular complexity index is 1050. The van der Waals surface area contributed by atoms with Crippen molar-refractivity contribution in [1.82, 2.24) is 25.1 Å². The highest BCUT2D eigenvalue weighted by molar-refractivity contribution is 14.1. The maximum atomic E-state index is 13.3. The van der Waals surface area contributed by atoms with Crippen molar-refractivity contribution in [2.75, 3.05) is 0 Å². The Hall–Kier alpha value is -2.43. The molecule has 0 fully saturated rings. The number of alkyl carbamates (subject to hydrolysis) is 1. The Kier molecular flexibility index (Phi) is 5.73. The number of aromatic amines is 1. The fourth-order valence-corrected chi connectivity index (χ4v) is 3.45. The van der Waals surface area contributed by atoms with Gasteiger partial charge in [0.1, 0.15) is 17.2 Å². The Balaban J connectivity index is 2.17. The fraction of sp³-hybridized carbons (Fsp3) is 0.368. The highest BCUT2D eigenvalue weighted by Crippen LogP contribution is 2.22. The van der Waals surface area contributed by atoms with E-state index in [1.807, 2.05) is 19.1 Å². The molecule has 3 aromatic rings. The standard InChI is InChI=1S/C19H22IN5O3/c1-5-13(22-18(27)28-19(2,3)4)16-23-15-11(7-6-8-12(15)20)17(26)25(16)14-9-10-21-24-14/h6-10,13H,5H2,1-4H3,(H,21,24)(H,22,27)/t13-/m0/s1. The van der Waals surface area contributed by atoms with Crippen molar-refractivity contribution < 1.29 is 9.53 Å². The van der Waals surface area contributed by atoms with Crippen LogP contribution in [0.4, 0.5) is 4.79 Å². The first-order valence-electron chi connectivity index (χ1n) is 8.91. The minimum absolute atomic E-state index is 0.229. The third-order valence-corrected chi connectivity index (χ3v) is 4.88. The van der Waals surface area contributed by atoms with E-state index in [1.54, 1.807) is 39.1 Å². The first kappa shape index (κ1) is 20.3. The van der Waals surface area contributed by atoms with Gasteiger partial charge in [0.25, 0.3) is 5.56 Å². The van der Waals surface area contributed by atoms with Gasteiger partial charge in [0.2, 0.25) is 0 Å². The van der Waals surface area contributed by atoms with Gasteiger partial charge in [0.05, 0.1) is 23.1 Å². The van der Waals surface area contributed by atoms with Gasteiger partial charge in [-0.3, -0.25) is 9.89 Å². The van der Waals surface area contributed by atoms with Crippen molar-refractivity contribution in [1.29, 1.82) is 0 Å². The van der Waals surface area contributed by atoms with Crippen LogP contribution in [-0.4, -0.2) is 31.4 Å². The molecule has 0 bridgehead atoms. The van der Waals surface area contributed by atoms with Gasteiger partial charge in [-0.2, -0.15) is 5.10 Å². The number of rotatable bonds is 4. The summed E-state index contributed by atoms with van der Waals surface area (Å²) in [6.07, 6.45) is 1.52. The zero-order chi connectivity index (χ0) is 20.5. The molecule has 148 valence electrons. The lowest BCUT2D eigenvalue weighted by Gasteiger charge is -2.24. The van der Waals surface area contributed by atoms with Crippen LogP contribution in [0.1, 0.15) is 46.0 Å². The van der Waals surface area contributed by atoms with Gasteiger partial charge in [-0.15, -0.1) is 0 Å². The molecule has 0 aliphatic rings. The van der Waals surface area contributed by atoms with Crippen molar-refractivity contribution in [3.05, 3.63) is 50.2 Å². The first-order chi connectivity index (χ1) is 13.2. The first-order valence-corrected chi connectivity index (χ1v) is 9.99. The largest absolute Gasteiger partial charge is 0.444 e. The summed E-state index contributed by atoms with van der Waals surface area (Å²) < 4.78 is 7.69. The normalized spacial score (nSPS) is 12.8. The zero-order valence-electron chi connectivity index (χ0n) is 16.1. The molecule has 0 aliphatic heterocycles. The molecule has 1 atom stereocenters. The number of para-hydroxylation sites is 1. The summed E-state index contributed by atoms with van der Waals surface area (Å²) in [7, 11) is 0. The number of amides is 1. The average molecular weight is 495 g/mol. The van der Waals surface area contributed by atoms with Gasteiger partial charge in [-0.25, -0.2) is 14.3 Å². The van der Waals surface area contributed by atoms with E-state index < -0.39 is 17.7 Å². The summed E-state index contributed by atoms with van der Waals surface area (Å²) in [5.41, 5.74) is -0.257. The third-order valence-electron chi connectivity index (χ3n) is 4.01. The molecular weight excluding hydrogens is 473 g/mol. The van der Waals surface area contributed by atoms with Crippen LogP contribution in [0.2, 0.25) is 0 Å². The molecule has 2 heterocycles. The van der Waals surface area contributed by atoms with Crippen LogP contribution >= 0.6 is 22.6 Å². The zero-order valence-corrected chi connectivity index (χ0v) is 18.3. The minimum atomic E-state index is -0.627. The Labute approximate surface area is 175 Å². The van der Waals surface area contributed by atoms with E-state index in [2.05, 4.69) is 38.1 Å². The number of benzene rings is 1. The lowest BCUT2D eigenvalue weighted by Crippen LogP contribution is -2.37. The number of ether oxygens (including phenoxy) is 1. The second-order valence-electron chi connectivity index (χ2n) is 7.30. The lowest BCUT2D eigenvalue weighted by atomic mass is 10.1. The highest BCUT2D eigenvalue weighted by Gasteiger charge is 2.25. The second kappa shape index (κ2) is 7.90. The summed E-state index contributed by atoms with van der Waals surface area (Å²) >= 11 is 2.15. The molecule has 0 saturated carbocycles. The number of aromatic nitrogens is 4. The smallest absolute Gasteiger partial charge is 0.408 e. The van der Waals surface area contributed by atoms with Crippen molar-refractivity contribution >= 4 is 39.6 Å². The summed E-state index contributed by atoms with van der Waals surface area (Å²) in [5.74, 6) is 0.900. The van der Waals surface area contributed by atoms with Gasteiger partial charge in [0.15, 0.2) is 0 Å². The van der Waals surface area contributed by atoms with Crippen LogP contribution in [0.15, 0.2) is 35.3 Å².